The van der Waals surface area contributed by atoms with Crippen molar-refractivity contribution >= 4 is 11.6 Å². The first kappa shape index (κ1) is 8.98. The molecule has 0 saturated heterocycles. The Morgan fingerprint density at radius 1 is 1.75 bits per heavy atom. The summed E-state index contributed by atoms with van der Waals surface area (Å²) in [6, 6.07) is 3.34. The van der Waals surface area contributed by atoms with Crippen molar-refractivity contribution < 1.29 is 0 Å². The van der Waals surface area contributed by atoms with Crippen LogP contribution in [0.15, 0.2) is 12.3 Å². The summed E-state index contributed by atoms with van der Waals surface area (Å²) in [6.45, 7) is 1.80. The first-order valence-corrected chi connectivity index (χ1v) is 3.84. The summed E-state index contributed by atoms with van der Waals surface area (Å²) >= 11 is 5.60. The Labute approximate surface area is 75.8 Å². The van der Waals surface area contributed by atoms with Gasteiger partial charge in [0.05, 0.1) is 11.6 Å². The maximum absolute atomic E-state index is 8.70. The fourth-order valence-electron chi connectivity index (χ4n) is 0.900. The minimum Gasteiger partial charge on any atom is -0.324 e. The summed E-state index contributed by atoms with van der Waals surface area (Å²) in [7, 11) is 0. The lowest BCUT2D eigenvalue weighted by molar-refractivity contribution is 0.808. The van der Waals surface area contributed by atoms with Crippen molar-refractivity contribution in [1.29, 1.82) is 5.26 Å². The highest BCUT2D eigenvalue weighted by atomic mass is 35.5. The van der Waals surface area contributed by atoms with Gasteiger partial charge in [0.1, 0.15) is 5.15 Å². The SMILES string of the molecule is CC(N)c1cnc(Cl)cc1C#N. The van der Waals surface area contributed by atoms with Crippen molar-refractivity contribution in [2.75, 3.05) is 0 Å². The van der Waals surface area contributed by atoms with Crippen LogP contribution in [0, 0.1) is 11.3 Å². The molecule has 1 unspecified atom stereocenters. The molecule has 0 aliphatic heterocycles. The Bertz CT molecular complexity index is 328. The number of halogens is 1. The van der Waals surface area contributed by atoms with Crippen LogP contribution in [0.2, 0.25) is 5.15 Å². The molecule has 62 valence electrons. The number of rotatable bonds is 1. The number of aromatic nitrogens is 1. The highest BCUT2D eigenvalue weighted by Crippen LogP contribution is 2.16. The Balaban J connectivity index is 3.23. The summed E-state index contributed by atoms with van der Waals surface area (Å²) < 4.78 is 0. The zero-order valence-corrected chi connectivity index (χ0v) is 7.34. The van der Waals surface area contributed by atoms with E-state index < -0.39 is 0 Å². The number of nitrogens with zero attached hydrogens (tertiary/aromatic N) is 2. The molecule has 1 aromatic heterocycles. The normalized spacial score (nSPS) is 12.2. The van der Waals surface area contributed by atoms with E-state index in [0.29, 0.717) is 10.7 Å². The maximum atomic E-state index is 8.70. The van der Waals surface area contributed by atoms with Gasteiger partial charge in [-0.25, -0.2) is 4.98 Å². The minimum atomic E-state index is -0.190. The maximum Gasteiger partial charge on any atom is 0.130 e. The van der Waals surface area contributed by atoms with E-state index in [-0.39, 0.29) is 6.04 Å². The Hall–Kier alpha value is -1.11. The van der Waals surface area contributed by atoms with Gasteiger partial charge in [0.2, 0.25) is 0 Å². The summed E-state index contributed by atoms with van der Waals surface area (Å²) in [6.07, 6.45) is 1.53. The lowest BCUT2D eigenvalue weighted by Crippen LogP contribution is -2.07. The predicted octanol–water partition coefficient (Wildman–Crippen LogP) is 1.63. The molecule has 0 bridgehead atoms. The predicted molar refractivity (Wildman–Crippen MR) is 46.6 cm³/mol. The van der Waals surface area contributed by atoms with Crippen molar-refractivity contribution in [3.63, 3.8) is 0 Å². The van der Waals surface area contributed by atoms with Crippen LogP contribution in [0.3, 0.4) is 0 Å². The Morgan fingerprint density at radius 3 is 2.92 bits per heavy atom. The molecule has 0 spiro atoms. The van der Waals surface area contributed by atoms with Gasteiger partial charge < -0.3 is 5.73 Å². The lowest BCUT2D eigenvalue weighted by atomic mass is 10.1. The fraction of sp³-hybridized carbons (Fsp3) is 0.250. The molecule has 0 aromatic carbocycles. The molecule has 12 heavy (non-hydrogen) atoms. The van der Waals surface area contributed by atoms with E-state index in [1.807, 2.05) is 6.07 Å². The van der Waals surface area contributed by atoms with Gasteiger partial charge in [0.15, 0.2) is 0 Å². The molecule has 0 aliphatic carbocycles. The van der Waals surface area contributed by atoms with E-state index in [1.165, 1.54) is 12.3 Å². The van der Waals surface area contributed by atoms with Crippen LogP contribution in [0.4, 0.5) is 0 Å². The van der Waals surface area contributed by atoms with Crippen LogP contribution in [0.5, 0.6) is 0 Å². The molecule has 0 amide bonds. The second-order valence-electron chi connectivity index (χ2n) is 2.49. The van der Waals surface area contributed by atoms with E-state index in [0.717, 1.165) is 5.56 Å². The van der Waals surface area contributed by atoms with E-state index in [1.54, 1.807) is 6.92 Å². The Morgan fingerprint density at radius 2 is 2.42 bits per heavy atom. The number of nitrogens with two attached hydrogens (primary N) is 1. The van der Waals surface area contributed by atoms with Gasteiger partial charge in [-0.3, -0.25) is 0 Å². The van der Waals surface area contributed by atoms with Gasteiger partial charge in [-0.05, 0) is 13.0 Å². The van der Waals surface area contributed by atoms with E-state index in [2.05, 4.69) is 4.98 Å². The molecule has 1 aromatic rings. The first-order valence-electron chi connectivity index (χ1n) is 3.46. The summed E-state index contributed by atoms with van der Waals surface area (Å²) in [5, 5.41) is 9.02. The van der Waals surface area contributed by atoms with E-state index in [4.69, 9.17) is 22.6 Å². The lowest BCUT2D eigenvalue weighted by Gasteiger charge is -2.06. The van der Waals surface area contributed by atoms with Crippen LogP contribution in [-0.4, -0.2) is 4.98 Å². The summed E-state index contributed by atoms with van der Waals surface area (Å²) in [4.78, 5) is 3.84. The number of pyridine rings is 1. The van der Waals surface area contributed by atoms with Gasteiger partial charge in [-0.1, -0.05) is 11.6 Å². The molecule has 1 rings (SSSR count). The fourth-order valence-corrected chi connectivity index (χ4v) is 1.06. The zero-order valence-electron chi connectivity index (χ0n) is 6.58. The van der Waals surface area contributed by atoms with Gasteiger partial charge >= 0.3 is 0 Å². The van der Waals surface area contributed by atoms with Crippen LogP contribution in [0.1, 0.15) is 24.1 Å². The van der Waals surface area contributed by atoms with E-state index >= 15 is 0 Å². The number of hydrogen-bond acceptors (Lipinski definition) is 3. The summed E-state index contributed by atoms with van der Waals surface area (Å²) in [5.74, 6) is 0. The van der Waals surface area contributed by atoms with Crippen LogP contribution in [0.25, 0.3) is 0 Å². The van der Waals surface area contributed by atoms with Crippen LogP contribution < -0.4 is 5.73 Å². The smallest absolute Gasteiger partial charge is 0.130 e. The largest absolute Gasteiger partial charge is 0.324 e. The molecule has 4 heteroatoms. The highest BCUT2D eigenvalue weighted by molar-refractivity contribution is 6.29. The third-order valence-electron chi connectivity index (χ3n) is 1.51. The van der Waals surface area contributed by atoms with Crippen molar-refractivity contribution in [2.45, 2.75) is 13.0 Å². The molecular formula is C8H8ClN3. The molecule has 0 saturated carbocycles. The Kier molecular flexibility index (Phi) is 2.64. The van der Waals surface area contributed by atoms with Crippen LogP contribution >= 0.6 is 11.6 Å². The standard InChI is InChI=1S/C8H8ClN3/c1-5(11)7-4-12-8(9)2-6(7)3-10/h2,4-5H,11H2,1H3. The monoisotopic (exact) mass is 181 g/mol. The molecule has 0 aliphatic rings. The van der Waals surface area contributed by atoms with Gasteiger partial charge in [0.25, 0.3) is 0 Å². The quantitative estimate of drug-likeness (QED) is 0.670. The van der Waals surface area contributed by atoms with Crippen molar-refractivity contribution in [3.8, 4) is 6.07 Å². The molecule has 0 fully saturated rings. The third kappa shape index (κ3) is 1.73. The average Bonchev–Trinajstić information content (AvgIpc) is 2.03. The second kappa shape index (κ2) is 3.53. The molecule has 1 heterocycles. The highest BCUT2D eigenvalue weighted by Gasteiger charge is 2.07. The van der Waals surface area contributed by atoms with Gasteiger partial charge in [0, 0.05) is 17.8 Å². The zero-order chi connectivity index (χ0) is 9.14. The molecule has 1 atom stereocenters. The summed E-state index contributed by atoms with van der Waals surface area (Å²) in [5.41, 5.74) is 6.82. The number of hydrogen-bond donors (Lipinski definition) is 1. The van der Waals surface area contributed by atoms with Crippen molar-refractivity contribution in [1.82, 2.24) is 4.98 Å². The van der Waals surface area contributed by atoms with Gasteiger partial charge in [-0.15, -0.1) is 0 Å². The molecule has 3 nitrogen and oxygen atoms in total. The van der Waals surface area contributed by atoms with E-state index in [9.17, 15) is 0 Å². The van der Waals surface area contributed by atoms with Gasteiger partial charge in [-0.2, -0.15) is 5.26 Å². The average molecular weight is 182 g/mol. The molecule has 0 radical (unpaired) electrons. The topological polar surface area (TPSA) is 62.7 Å². The number of nitriles is 1. The van der Waals surface area contributed by atoms with Crippen molar-refractivity contribution in [3.05, 3.63) is 28.5 Å². The minimum absolute atomic E-state index is 0.190. The third-order valence-corrected chi connectivity index (χ3v) is 1.72. The molecule has 2 N–H and O–H groups in total. The first-order chi connectivity index (χ1) is 5.65. The molecular weight excluding hydrogens is 174 g/mol. The van der Waals surface area contributed by atoms with Crippen molar-refractivity contribution in [2.24, 2.45) is 5.73 Å². The van der Waals surface area contributed by atoms with Crippen LogP contribution in [-0.2, 0) is 0 Å². The second-order valence-corrected chi connectivity index (χ2v) is 2.88.